The lowest BCUT2D eigenvalue weighted by Crippen LogP contribution is -2.39. The SMILES string of the molecule is CNC(=O)NC(=O)[C@@H](Sc1ccc(OC)cc1)c1ccccc1. The minimum absolute atomic E-state index is 0.364. The summed E-state index contributed by atoms with van der Waals surface area (Å²) in [6.45, 7) is 0. The smallest absolute Gasteiger partial charge is 0.321 e. The van der Waals surface area contributed by atoms with E-state index in [9.17, 15) is 9.59 Å². The molecule has 120 valence electrons. The molecule has 3 amide bonds. The van der Waals surface area contributed by atoms with Crippen LogP contribution in [0.1, 0.15) is 10.8 Å². The van der Waals surface area contributed by atoms with Crippen molar-refractivity contribution in [3.63, 3.8) is 0 Å². The summed E-state index contributed by atoms with van der Waals surface area (Å²) < 4.78 is 5.13. The first kappa shape index (κ1) is 16.9. The van der Waals surface area contributed by atoms with E-state index in [0.717, 1.165) is 16.2 Å². The fourth-order valence-electron chi connectivity index (χ4n) is 1.93. The average Bonchev–Trinajstić information content (AvgIpc) is 2.60. The molecule has 0 aliphatic heterocycles. The minimum Gasteiger partial charge on any atom is -0.497 e. The standard InChI is InChI=1S/C17H18N2O3S/c1-18-17(21)19-16(20)15(12-6-4-3-5-7-12)23-14-10-8-13(22-2)9-11-14/h3-11,15H,1-2H3,(H2,18,19,20,21)/t15-/m0/s1. The molecular weight excluding hydrogens is 312 g/mol. The molecule has 0 saturated heterocycles. The molecular formula is C17H18N2O3S. The van der Waals surface area contributed by atoms with E-state index >= 15 is 0 Å². The number of nitrogens with one attached hydrogen (secondary N) is 2. The quantitative estimate of drug-likeness (QED) is 0.827. The van der Waals surface area contributed by atoms with Crippen LogP contribution in [0.15, 0.2) is 59.5 Å². The van der Waals surface area contributed by atoms with E-state index in [1.165, 1.54) is 18.8 Å². The van der Waals surface area contributed by atoms with Gasteiger partial charge in [0.15, 0.2) is 0 Å². The Kier molecular flexibility index (Phi) is 6.05. The number of urea groups is 1. The highest BCUT2D eigenvalue weighted by atomic mass is 32.2. The number of hydrogen-bond donors (Lipinski definition) is 2. The van der Waals surface area contributed by atoms with Crippen molar-refractivity contribution < 1.29 is 14.3 Å². The van der Waals surface area contributed by atoms with Crippen LogP contribution in [-0.2, 0) is 4.79 Å². The van der Waals surface area contributed by atoms with Crippen LogP contribution >= 0.6 is 11.8 Å². The minimum atomic E-state index is -0.526. The van der Waals surface area contributed by atoms with E-state index < -0.39 is 11.3 Å². The zero-order chi connectivity index (χ0) is 16.7. The van der Waals surface area contributed by atoms with Crippen molar-refractivity contribution in [2.24, 2.45) is 0 Å². The molecule has 2 N–H and O–H groups in total. The van der Waals surface area contributed by atoms with Gasteiger partial charge < -0.3 is 10.1 Å². The third-order valence-electron chi connectivity index (χ3n) is 3.12. The van der Waals surface area contributed by atoms with E-state index in [1.807, 2.05) is 54.6 Å². The summed E-state index contributed by atoms with van der Waals surface area (Å²) in [5.74, 6) is 0.386. The maximum absolute atomic E-state index is 12.4. The Morgan fingerprint density at radius 2 is 1.70 bits per heavy atom. The van der Waals surface area contributed by atoms with Crippen molar-refractivity contribution in [1.29, 1.82) is 0 Å². The maximum atomic E-state index is 12.4. The van der Waals surface area contributed by atoms with Crippen LogP contribution in [-0.4, -0.2) is 26.1 Å². The topological polar surface area (TPSA) is 67.4 Å². The van der Waals surface area contributed by atoms with Gasteiger partial charge in [0.05, 0.1) is 7.11 Å². The van der Waals surface area contributed by atoms with Crippen molar-refractivity contribution >= 4 is 23.7 Å². The third kappa shape index (κ3) is 4.75. The number of imide groups is 1. The van der Waals surface area contributed by atoms with Crippen LogP contribution in [0.5, 0.6) is 5.75 Å². The third-order valence-corrected chi connectivity index (χ3v) is 4.38. The van der Waals surface area contributed by atoms with Gasteiger partial charge in [0, 0.05) is 11.9 Å². The van der Waals surface area contributed by atoms with E-state index in [-0.39, 0.29) is 5.91 Å². The van der Waals surface area contributed by atoms with E-state index in [2.05, 4.69) is 10.6 Å². The Hall–Kier alpha value is -2.47. The fourth-order valence-corrected chi connectivity index (χ4v) is 2.96. The predicted molar refractivity (Wildman–Crippen MR) is 90.6 cm³/mol. The number of methoxy groups -OCH3 is 1. The van der Waals surface area contributed by atoms with Gasteiger partial charge in [-0.2, -0.15) is 0 Å². The molecule has 0 fully saturated rings. The van der Waals surface area contributed by atoms with Crippen LogP contribution in [0.4, 0.5) is 4.79 Å². The van der Waals surface area contributed by atoms with E-state index in [0.29, 0.717) is 0 Å². The molecule has 2 aromatic carbocycles. The number of ether oxygens (including phenoxy) is 1. The number of hydrogen-bond acceptors (Lipinski definition) is 4. The molecule has 0 radical (unpaired) electrons. The van der Waals surface area contributed by atoms with Crippen molar-refractivity contribution in [1.82, 2.24) is 10.6 Å². The Morgan fingerprint density at radius 1 is 1.04 bits per heavy atom. The van der Waals surface area contributed by atoms with Gasteiger partial charge >= 0.3 is 6.03 Å². The first-order chi connectivity index (χ1) is 11.1. The van der Waals surface area contributed by atoms with Crippen LogP contribution in [0.25, 0.3) is 0 Å². The second-order valence-electron chi connectivity index (χ2n) is 4.65. The Bertz CT molecular complexity index is 659. The summed E-state index contributed by atoms with van der Waals surface area (Å²) in [6, 6.07) is 16.3. The van der Waals surface area contributed by atoms with Crippen LogP contribution < -0.4 is 15.4 Å². The van der Waals surface area contributed by atoms with Gasteiger partial charge in [-0.25, -0.2) is 4.79 Å². The van der Waals surface area contributed by atoms with Crippen molar-refractivity contribution in [3.05, 3.63) is 60.2 Å². The lowest BCUT2D eigenvalue weighted by atomic mass is 10.1. The maximum Gasteiger partial charge on any atom is 0.321 e. The van der Waals surface area contributed by atoms with Crippen molar-refractivity contribution in [2.75, 3.05) is 14.2 Å². The van der Waals surface area contributed by atoms with Crippen LogP contribution in [0, 0.1) is 0 Å². The Balaban J connectivity index is 2.22. The van der Waals surface area contributed by atoms with Crippen LogP contribution in [0.3, 0.4) is 0 Å². The predicted octanol–water partition coefficient (Wildman–Crippen LogP) is 2.98. The zero-order valence-corrected chi connectivity index (χ0v) is 13.7. The number of carbonyl (C=O) groups is 2. The lowest BCUT2D eigenvalue weighted by molar-refractivity contribution is -0.119. The molecule has 0 spiro atoms. The number of thioether (sulfide) groups is 1. The second kappa shape index (κ2) is 8.24. The second-order valence-corrected chi connectivity index (χ2v) is 5.83. The molecule has 5 nitrogen and oxygen atoms in total. The number of rotatable bonds is 5. The molecule has 0 aromatic heterocycles. The zero-order valence-electron chi connectivity index (χ0n) is 12.9. The van der Waals surface area contributed by atoms with Crippen LogP contribution in [0.2, 0.25) is 0 Å². The molecule has 2 rings (SSSR count). The summed E-state index contributed by atoms with van der Waals surface area (Å²) >= 11 is 1.37. The summed E-state index contributed by atoms with van der Waals surface area (Å²) in [7, 11) is 3.07. The van der Waals surface area contributed by atoms with E-state index in [4.69, 9.17) is 4.74 Å². The van der Waals surface area contributed by atoms with Gasteiger partial charge in [0.25, 0.3) is 0 Å². The highest BCUT2D eigenvalue weighted by molar-refractivity contribution is 8.00. The molecule has 0 unspecified atom stereocenters. The number of carbonyl (C=O) groups excluding carboxylic acids is 2. The monoisotopic (exact) mass is 330 g/mol. The van der Waals surface area contributed by atoms with Gasteiger partial charge in [-0.3, -0.25) is 10.1 Å². The first-order valence-corrected chi connectivity index (χ1v) is 7.90. The lowest BCUT2D eigenvalue weighted by Gasteiger charge is -2.16. The molecule has 23 heavy (non-hydrogen) atoms. The largest absolute Gasteiger partial charge is 0.497 e. The van der Waals surface area contributed by atoms with Gasteiger partial charge in [-0.15, -0.1) is 11.8 Å². The van der Waals surface area contributed by atoms with Gasteiger partial charge in [0.1, 0.15) is 11.0 Å². The molecule has 1 atom stereocenters. The summed E-state index contributed by atoms with van der Waals surface area (Å²) in [5, 5.41) is 4.19. The van der Waals surface area contributed by atoms with Crippen molar-refractivity contribution in [2.45, 2.75) is 10.1 Å². The van der Waals surface area contributed by atoms with E-state index in [1.54, 1.807) is 7.11 Å². The highest BCUT2D eigenvalue weighted by Crippen LogP contribution is 2.36. The van der Waals surface area contributed by atoms with Crippen molar-refractivity contribution in [3.8, 4) is 5.75 Å². The fraction of sp³-hybridized carbons (Fsp3) is 0.176. The normalized spacial score (nSPS) is 11.4. The molecule has 0 aliphatic carbocycles. The van der Waals surface area contributed by atoms with Gasteiger partial charge in [-0.05, 0) is 29.8 Å². The molecule has 0 aliphatic rings. The number of benzene rings is 2. The summed E-state index contributed by atoms with van der Waals surface area (Å²) in [6.07, 6.45) is 0. The first-order valence-electron chi connectivity index (χ1n) is 7.02. The average molecular weight is 330 g/mol. The summed E-state index contributed by atoms with van der Waals surface area (Å²) in [4.78, 5) is 24.8. The van der Waals surface area contributed by atoms with Gasteiger partial charge in [0.2, 0.25) is 5.91 Å². The Morgan fingerprint density at radius 3 is 2.26 bits per heavy atom. The van der Waals surface area contributed by atoms with Gasteiger partial charge in [-0.1, -0.05) is 30.3 Å². The highest BCUT2D eigenvalue weighted by Gasteiger charge is 2.23. The molecule has 6 heteroatoms. The number of amides is 3. The molecule has 0 saturated carbocycles. The molecule has 2 aromatic rings. The summed E-state index contributed by atoms with van der Waals surface area (Å²) in [5.41, 5.74) is 0.828. The molecule has 0 bridgehead atoms. The molecule has 0 heterocycles. The Labute approximate surface area is 139 Å².